The van der Waals surface area contributed by atoms with Crippen LogP contribution in [0.1, 0.15) is 24.5 Å². The number of hydrogen-bond donors (Lipinski definition) is 2. The van der Waals surface area contributed by atoms with Gasteiger partial charge in [0.15, 0.2) is 0 Å². The van der Waals surface area contributed by atoms with Crippen LogP contribution in [0.3, 0.4) is 0 Å². The number of ether oxygens (including phenoxy) is 2. The van der Waals surface area contributed by atoms with E-state index in [9.17, 15) is 14.4 Å². The largest absolute Gasteiger partial charge is 0.497 e. The minimum atomic E-state index is -1.13. The van der Waals surface area contributed by atoms with Gasteiger partial charge in [-0.15, -0.1) is 0 Å². The first kappa shape index (κ1) is 24.8. The first-order valence-corrected chi connectivity index (χ1v) is 11.8. The van der Waals surface area contributed by atoms with E-state index in [2.05, 4.69) is 10.6 Å². The summed E-state index contributed by atoms with van der Waals surface area (Å²) in [4.78, 5) is 40.7. The minimum Gasteiger partial charge on any atom is -0.497 e. The van der Waals surface area contributed by atoms with Gasteiger partial charge in [-0.05, 0) is 49.2 Å². The Bertz CT molecular complexity index is 1170. The molecule has 0 saturated carbocycles. The lowest BCUT2D eigenvalue weighted by Gasteiger charge is -2.32. The van der Waals surface area contributed by atoms with Gasteiger partial charge in [0.1, 0.15) is 5.75 Å². The maximum absolute atomic E-state index is 13.2. The number of hydrogen-bond acceptors (Lipinski definition) is 5. The topological polar surface area (TPSA) is 97.0 Å². The van der Waals surface area contributed by atoms with Gasteiger partial charge in [0, 0.05) is 30.0 Å². The van der Waals surface area contributed by atoms with Crippen LogP contribution in [-0.4, -0.2) is 43.0 Å². The van der Waals surface area contributed by atoms with Gasteiger partial charge in [0.05, 0.1) is 13.0 Å². The maximum Gasteiger partial charge on any atom is 0.321 e. The highest BCUT2D eigenvalue weighted by molar-refractivity contribution is 5.96. The lowest BCUT2D eigenvalue weighted by atomic mass is 9.98. The summed E-state index contributed by atoms with van der Waals surface area (Å²) in [7, 11) is 1.57. The van der Waals surface area contributed by atoms with Crippen molar-refractivity contribution in [2.45, 2.75) is 18.9 Å². The van der Waals surface area contributed by atoms with Gasteiger partial charge >= 0.3 is 12.0 Å². The Labute approximate surface area is 210 Å². The zero-order valence-corrected chi connectivity index (χ0v) is 20.1. The van der Waals surface area contributed by atoms with Crippen molar-refractivity contribution in [1.82, 2.24) is 4.90 Å². The molecule has 1 fully saturated rings. The van der Waals surface area contributed by atoms with Crippen molar-refractivity contribution in [3.05, 3.63) is 90.5 Å². The second kappa shape index (κ2) is 11.9. The van der Waals surface area contributed by atoms with Crippen LogP contribution in [0.15, 0.2) is 84.9 Å². The number of methoxy groups -OCH3 is 1. The van der Waals surface area contributed by atoms with E-state index >= 15 is 0 Å². The van der Waals surface area contributed by atoms with Gasteiger partial charge in [0.25, 0.3) is 5.91 Å². The number of esters is 1. The lowest BCUT2D eigenvalue weighted by molar-refractivity contribution is -0.160. The fourth-order valence-electron chi connectivity index (χ4n) is 4.07. The molecule has 4 rings (SSSR count). The van der Waals surface area contributed by atoms with Gasteiger partial charge in [0.2, 0.25) is 6.10 Å². The standard InChI is InChI=1S/C28H29N3O5/c1-35-24-16-14-23(15-17-24)29-26(32)25(20-9-4-2-5-10-20)36-27(33)21-11-8-18-31(19-21)28(34)30-22-12-6-3-7-13-22/h2-7,9-10,12-17,21,25H,8,11,18-19H2,1H3,(H,29,32)(H,30,34). The second-order valence-corrected chi connectivity index (χ2v) is 8.53. The summed E-state index contributed by atoms with van der Waals surface area (Å²) >= 11 is 0. The number of rotatable bonds is 7. The van der Waals surface area contributed by atoms with Crippen LogP contribution in [-0.2, 0) is 14.3 Å². The SMILES string of the molecule is COc1ccc(NC(=O)C(OC(=O)C2CCCN(C(=O)Nc3ccccc3)C2)c2ccccc2)cc1. The Morgan fingerprint density at radius 3 is 2.17 bits per heavy atom. The van der Waals surface area contributed by atoms with Crippen molar-refractivity contribution in [2.24, 2.45) is 5.92 Å². The monoisotopic (exact) mass is 487 g/mol. The molecule has 0 aromatic heterocycles. The Balaban J connectivity index is 1.43. The highest BCUT2D eigenvalue weighted by Crippen LogP contribution is 2.26. The molecule has 36 heavy (non-hydrogen) atoms. The number of piperidine rings is 1. The number of carbonyl (C=O) groups is 3. The molecule has 1 aliphatic rings. The van der Waals surface area contributed by atoms with Crippen molar-refractivity contribution in [3.63, 3.8) is 0 Å². The predicted molar refractivity (Wildman–Crippen MR) is 137 cm³/mol. The molecule has 2 unspecified atom stereocenters. The summed E-state index contributed by atoms with van der Waals surface area (Å²) in [5, 5.41) is 5.66. The number of carbonyl (C=O) groups excluding carboxylic acids is 3. The molecular formula is C28H29N3O5. The fourth-order valence-corrected chi connectivity index (χ4v) is 4.07. The van der Waals surface area contributed by atoms with Crippen molar-refractivity contribution in [3.8, 4) is 5.75 Å². The van der Waals surface area contributed by atoms with Crippen molar-refractivity contribution in [2.75, 3.05) is 30.8 Å². The van der Waals surface area contributed by atoms with E-state index < -0.39 is 23.9 Å². The third-order valence-electron chi connectivity index (χ3n) is 6.00. The summed E-state index contributed by atoms with van der Waals surface area (Å²) in [5.41, 5.74) is 1.80. The molecule has 1 aliphatic heterocycles. The van der Waals surface area contributed by atoms with Gasteiger partial charge in [-0.2, -0.15) is 0 Å². The number of nitrogens with zero attached hydrogens (tertiary/aromatic N) is 1. The summed E-state index contributed by atoms with van der Waals surface area (Å²) in [6, 6.07) is 24.7. The van der Waals surface area contributed by atoms with Gasteiger partial charge in [-0.3, -0.25) is 9.59 Å². The number of benzene rings is 3. The minimum absolute atomic E-state index is 0.221. The number of para-hydroxylation sites is 1. The summed E-state index contributed by atoms with van der Waals surface area (Å²) in [6.45, 7) is 0.766. The number of amides is 3. The quantitative estimate of drug-likeness (QED) is 0.464. The molecule has 3 aromatic rings. The second-order valence-electron chi connectivity index (χ2n) is 8.53. The average molecular weight is 488 g/mol. The Morgan fingerprint density at radius 2 is 1.50 bits per heavy atom. The van der Waals surface area contributed by atoms with E-state index in [4.69, 9.17) is 9.47 Å². The molecule has 8 heteroatoms. The van der Waals surface area contributed by atoms with Crippen LogP contribution in [0.2, 0.25) is 0 Å². The molecular weight excluding hydrogens is 458 g/mol. The van der Waals surface area contributed by atoms with Gasteiger partial charge in [-0.25, -0.2) is 4.79 Å². The van der Waals surface area contributed by atoms with Crippen molar-refractivity contribution < 1.29 is 23.9 Å². The molecule has 8 nitrogen and oxygen atoms in total. The molecule has 2 N–H and O–H groups in total. The van der Waals surface area contributed by atoms with Gasteiger partial charge < -0.3 is 25.0 Å². The van der Waals surface area contributed by atoms with E-state index in [1.54, 1.807) is 72.7 Å². The Kier molecular flexibility index (Phi) is 8.18. The van der Waals surface area contributed by atoms with E-state index in [-0.39, 0.29) is 12.6 Å². The lowest BCUT2D eigenvalue weighted by Crippen LogP contribution is -2.45. The Morgan fingerprint density at radius 1 is 0.861 bits per heavy atom. The number of anilines is 2. The molecule has 3 amide bonds. The molecule has 0 spiro atoms. The highest BCUT2D eigenvalue weighted by Gasteiger charge is 2.33. The van der Waals surface area contributed by atoms with Crippen LogP contribution in [0, 0.1) is 5.92 Å². The summed E-state index contributed by atoms with van der Waals surface area (Å²) < 4.78 is 10.9. The van der Waals surface area contributed by atoms with Gasteiger partial charge in [-0.1, -0.05) is 48.5 Å². The van der Waals surface area contributed by atoms with Crippen LogP contribution >= 0.6 is 0 Å². The fraction of sp³-hybridized carbons (Fsp3) is 0.250. The number of nitrogens with one attached hydrogen (secondary N) is 2. The van der Waals surface area contributed by atoms with Crippen molar-refractivity contribution in [1.29, 1.82) is 0 Å². The van der Waals surface area contributed by atoms with Crippen LogP contribution in [0.5, 0.6) is 5.75 Å². The van der Waals surface area contributed by atoms with E-state index in [1.165, 1.54) is 0 Å². The third-order valence-corrected chi connectivity index (χ3v) is 6.00. The smallest absolute Gasteiger partial charge is 0.321 e. The van der Waals surface area contributed by atoms with E-state index in [0.717, 1.165) is 0 Å². The predicted octanol–water partition coefficient (Wildman–Crippen LogP) is 4.86. The number of urea groups is 1. The molecule has 1 heterocycles. The first-order valence-electron chi connectivity index (χ1n) is 11.8. The van der Waals surface area contributed by atoms with Crippen LogP contribution < -0.4 is 15.4 Å². The maximum atomic E-state index is 13.2. The number of likely N-dealkylation sites (tertiary alicyclic amines) is 1. The molecule has 186 valence electrons. The highest BCUT2D eigenvalue weighted by atomic mass is 16.5. The zero-order valence-electron chi connectivity index (χ0n) is 20.1. The molecule has 2 atom stereocenters. The molecule has 0 bridgehead atoms. The van der Waals surface area contributed by atoms with Crippen molar-refractivity contribution >= 4 is 29.3 Å². The molecule has 3 aromatic carbocycles. The van der Waals surface area contributed by atoms with E-state index in [0.29, 0.717) is 42.1 Å². The average Bonchev–Trinajstić information content (AvgIpc) is 2.93. The summed E-state index contributed by atoms with van der Waals surface area (Å²) in [5.74, 6) is -0.836. The molecule has 0 aliphatic carbocycles. The zero-order chi connectivity index (χ0) is 25.3. The Hall–Kier alpha value is -4.33. The summed E-state index contributed by atoms with van der Waals surface area (Å²) in [6.07, 6.45) is 0.111. The van der Waals surface area contributed by atoms with Crippen LogP contribution in [0.25, 0.3) is 0 Å². The third kappa shape index (κ3) is 6.41. The van der Waals surface area contributed by atoms with Crippen LogP contribution in [0.4, 0.5) is 16.2 Å². The first-order chi connectivity index (χ1) is 17.5. The molecule has 0 radical (unpaired) electrons. The normalized spacial score (nSPS) is 15.9. The van der Waals surface area contributed by atoms with E-state index in [1.807, 2.05) is 24.3 Å². The molecule has 1 saturated heterocycles.